The van der Waals surface area contributed by atoms with Gasteiger partial charge in [-0.3, -0.25) is 9.59 Å². The fraction of sp³-hybridized carbons (Fsp3) is 0.407. The molecule has 1 N–H and O–H groups in total. The minimum Gasteiger partial charge on any atom is -0.507 e. The second-order valence-electron chi connectivity index (χ2n) is 9.37. The quantitative estimate of drug-likeness (QED) is 0.385. The summed E-state index contributed by atoms with van der Waals surface area (Å²) >= 11 is 0. The number of Topliss-reactive ketones (excluding diaryl/α,β-unsaturated/α-hetero) is 1. The van der Waals surface area contributed by atoms with Crippen LogP contribution in [0.15, 0.2) is 48.0 Å². The third-order valence-electron chi connectivity index (χ3n) is 6.07. The van der Waals surface area contributed by atoms with E-state index >= 15 is 0 Å². The topological polar surface area (TPSA) is 57.6 Å². The van der Waals surface area contributed by atoms with Gasteiger partial charge < -0.3 is 10.0 Å². The maximum atomic E-state index is 13.1. The van der Waals surface area contributed by atoms with Crippen molar-refractivity contribution in [1.29, 1.82) is 0 Å². The molecule has 1 saturated heterocycles. The second kappa shape index (κ2) is 8.70. The Hall–Kier alpha value is -2.88. The van der Waals surface area contributed by atoms with Gasteiger partial charge in [0.2, 0.25) is 0 Å². The number of benzene rings is 2. The maximum Gasteiger partial charge on any atom is 0.295 e. The van der Waals surface area contributed by atoms with E-state index in [1.165, 1.54) is 5.56 Å². The molecule has 1 heterocycles. The highest BCUT2D eigenvalue weighted by Gasteiger charge is 2.45. The number of aryl methyl sites for hydroxylation is 2. The van der Waals surface area contributed by atoms with E-state index in [1.807, 2.05) is 56.3 Å². The number of ketones is 1. The van der Waals surface area contributed by atoms with Gasteiger partial charge in [-0.15, -0.1) is 0 Å². The van der Waals surface area contributed by atoms with Crippen LogP contribution in [-0.4, -0.2) is 28.2 Å². The molecule has 0 spiro atoms. The average Bonchev–Trinajstić information content (AvgIpc) is 2.98. The Balaban J connectivity index is 2.23. The van der Waals surface area contributed by atoms with Crippen molar-refractivity contribution < 1.29 is 14.7 Å². The van der Waals surface area contributed by atoms with Crippen molar-refractivity contribution in [1.82, 2.24) is 4.90 Å². The van der Waals surface area contributed by atoms with Crippen molar-refractivity contribution in [3.8, 4) is 0 Å². The first-order chi connectivity index (χ1) is 14.6. The molecule has 2 aromatic rings. The zero-order valence-electron chi connectivity index (χ0n) is 19.5. The van der Waals surface area contributed by atoms with Crippen molar-refractivity contribution in [3.63, 3.8) is 0 Å². The molecule has 0 bridgehead atoms. The highest BCUT2D eigenvalue weighted by atomic mass is 16.3. The molecular formula is C27H33NO3. The Morgan fingerprint density at radius 3 is 2.23 bits per heavy atom. The Morgan fingerprint density at radius 2 is 1.68 bits per heavy atom. The number of rotatable bonds is 5. The van der Waals surface area contributed by atoms with Gasteiger partial charge in [-0.2, -0.15) is 0 Å². The van der Waals surface area contributed by atoms with Crippen LogP contribution in [-0.2, 0) is 21.4 Å². The van der Waals surface area contributed by atoms with Crippen LogP contribution in [0.4, 0.5) is 0 Å². The van der Waals surface area contributed by atoms with Crippen molar-refractivity contribution >= 4 is 17.4 Å². The summed E-state index contributed by atoms with van der Waals surface area (Å²) in [4.78, 5) is 27.6. The molecule has 31 heavy (non-hydrogen) atoms. The summed E-state index contributed by atoms with van der Waals surface area (Å²) in [6.45, 7) is 12.8. The summed E-state index contributed by atoms with van der Waals surface area (Å²) in [5.41, 5.74) is 4.64. The predicted molar refractivity (Wildman–Crippen MR) is 125 cm³/mol. The van der Waals surface area contributed by atoms with E-state index in [-0.39, 0.29) is 16.7 Å². The zero-order chi connectivity index (χ0) is 22.9. The Morgan fingerprint density at radius 1 is 1.03 bits per heavy atom. The van der Waals surface area contributed by atoms with E-state index in [9.17, 15) is 14.7 Å². The first-order valence-corrected chi connectivity index (χ1v) is 11.1. The SMILES string of the molecule is CCCN1C(=O)C(=O)/C(=C(/O)c2cc(C(C)(C)C)ccc2C)C1c1ccc(CC)cc1. The standard InChI is InChI=1S/C27H33NO3/c1-7-15-28-23(19-12-10-18(8-2)11-13-19)22(25(30)26(28)31)24(29)21-16-20(27(4,5)6)14-9-17(21)3/h9-14,16,23,29H,7-8,15H2,1-6H3/b24-22+. The van der Waals surface area contributed by atoms with Gasteiger partial charge in [-0.25, -0.2) is 0 Å². The first-order valence-electron chi connectivity index (χ1n) is 11.1. The van der Waals surface area contributed by atoms with E-state index in [4.69, 9.17) is 0 Å². The molecule has 2 aromatic carbocycles. The van der Waals surface area contributed by atoms with Crippen LogP contribution < -0.4 is 0 Å². The van der Waals surface area contributed by atoms with Crippen LogP contribution in [0, 0.1) is 6.92 Å². The molecule has 164 valence electrons. The van der Waals surface area contributed by atoms with Gasteiger partial charge in [0.15, 0.2) is 0 Å². The highest BCUT2D eigenvalue weighted by Crippen LogP contribution is 2.40. The minimum atomic E-state index is -0.615. The lowest BCUT2D eigenvalue weighted by atomic mass is 9.84. The number of hydrogen-bond donors (Lipinski definition) is 1. The molecule has 1 fully saturated rings. The molecule has 0 radical (unpaired) electrons. The molecule has 1 unspecified atom stereocenters. The number of nitrogens with zero attached hydrogens (tertiary/aromatic N) is 1. The lowest BCUT2D eigenvalue weighted by molar-refractivity contribution is -0.139. The molecule has 0 saturated carbocycles. The lowest BCUT2D eigenvalue weighted by Crippen LogP contribution is -2.30. The number of aliphatic hydroxyl groups is 1. The molecule has 4 heteroatoms. The summed E-state index contributed by atoms with van der Waals surface area (Å²) < 4.78 is 0. The second-order valence-corrected chi connectivity index (χ2v) is 9.37. The first kappa shape index (κ1) is 22.8. The van der Waals surface area contributed by atoms with Gasteiger partial charge in [0.25, 0.3) is 11.7 Å². The third-order valence-corrected chi connectivity index (χ3v) is 6.07. The van der Waals surface area contributed by atoms with E-state index in [2.05, 4.69) is 27.7 Å². The fourth-order valence-corrected chi connectivity index (χ4v) is 4.12. The number of likely N-dealkylation sites (tertiary alicyclic amines) is 1. The number of carbonyl (C=O) groups excluding carboxylic acids is 2. The average molecular weight is 420 g/mol. The summed E-state index contributed by atoms with van der Waals surface area (Å²) in [6.07, 6.45) is 1.64. The van der Waals surface area contributed by atoms with Gasteiger partial charge in [0, 0.05) is 12.1 Å². The van der Waals surface area contributed by atoms with E-state index in [0.717, 1.165) is 29.5 Å². The number of amides is 1. The molecular weight excluding hydrogens is 386 g/mol. The molecule has 1 aliphatic rings. The van der Waals surface area contributed by atoms with Crippen LogP contribution >= 0.6 is 0 Å². The van der Waals surface area contributed by atoms with Crippen molar-refractivity contribution in [3.05, 3.63) is 75.9 Å². The minimum absolute atomic E-state index is 0.0925. The van der Waals surface area contributed by atoms with E-state index < -0.39 is 17.7 Å². The van der Waals surface area contributed by atoms with Gasteiger partial charge in [-0.05, 0) is 53.5 Å². The summed E-state index contributed by atoms with van der Waals surface area (Å²) in [7, 11) is 0. The molecule has 0 aliphatic carbocycles. The summed E-state index contributed by atoms with van der Waals surface area (Å²) in [6, 6.07) is 13.3. The van der Waals surface area contributed by atoms with Gasteiger partial charge in [0.1, 0.15) is 5.76 Å². The lowest BCUT2D eigenvalue weighted by Gasteiger charge is -2.25. The van der Waals surface area contributed by atoms with Crippen LogP contribution in [0.1, 0.15) is 74.9 Å². The molecule has 1 amide bonds. The Kier molecular flexibility index (Phi) is 6.40. The van der Waals surface area contributed by atoms with Crippen LogP contribution in [0.25, 0.3) is 5.76 Å². The fourth-order valence-electron chi connectivity index (χ4n) is 4.12. The zero-order valence-corrected chi connectivity index (χ0v) is 19.5. The van der Waals surface area contributed by atoms with Gasteiger partial charge in [0.05, 0.1) is 11.6 Å². The van der Waals surface area contributed by atoms with Crippen molar-refractivity contribution in [2.45, 2.75) is 65.8 Å². The summed E-state index contributed by atoms with van der Waals surface area (Å²) in [5.74, 6) is -1.25. The van der Waals surface area contributed by atoms with E-state index in [1.54, 1.807) is 4.90 Å². The van der Waals surface area contributed by atoms with E-state index in [0.29, 0.717) is 12.1 Å². The normalized spacial score (nSPS) is 18.6. The van der Waals surface area contributed by atoms with Gasteiger partial charge in [-0.1, -0.05) is 71.0 Å². The highest BCUT2D eigenvalue weighted by molar-refractivity contribution is 6.46. The predicted octanol–water partition coefficient (Wildman–Crippen LogP) is 5.69. The maximum absolute atomic E-state index is 13.1. The van der Waals surface area contributed by atoms with Crippen LogP contribution in [0.2, 0.25) is 0 Å². The molecule has 0 aromatic heterocycles. The third kappa shape index (κ3) is 4.30. The number of hydrogen-bond acceptors (Lipinski definition) is 3. The number of carbonyl (C=O) groups is 2. The largest absolute Gasteiger partial charge is 0.507 e. The van der Waals surface area contributed by atoms with Crippen molar-refractivity contribution in [2.75, 3.05) is 6.54 Å². The van der Waals surface area contributed by atoms with Crippen LogP contribution in [0.5, 0.6) is 0 Å². The van der Waals surface area contributed by atoms with Gasteiger partial charge >= 0.3 is 0 Å². The Bertz CT molecular complexity index is 1030. The Labute approximate surface area is 185 Å². The molecule has 1 aliphatic heterocycles. The molecule has 4 nitrogen and oxygen atoms in total. The molecule has 3 rings (SSSR count). The molecule has 1 atom stereocenters. The van der Waals surface area contributed by atoms with Crippen molar-refractivity contribution in [2.24, 2.45) is 0 Å². The van der Waals surface area contributed by atoms with Crippen LogP contribution in [0.3, 0.4) is 0 Å². The summed E-state index contributed by atoms with van der Waals surface area (Å²) in [5, 5.41) is 11.4. The monoisotopic (exact) mass is 419 g/mol. The number of aliphatic hydroxyl groups excluding tert-OH is 1. The smallest absolute Gasteiger partial charge is 0.295 e.